The van der Waals surface area contributed by atoms with Gasteiger partial charge in [-0.3, -0.25) is 10.1 Å². The van der Waals surface area contributed by atoms with Crippen molar-refractivity contribution >= 4 is 17.3 Å². The molecule has 122 valence electrons. The highest BCUT2D eigenvalue weighted by Gasteiger charge is 2.18. The second kappa shape index (κ2) is 6.28. The van der Waals surface area contributed by atoms with Crippen LogP contribution in [0.1, 0.15) is 5.56 Å². The van der Waals surface area contributed by atoms with E-state index in [0.29, 0.717) is 0 Å². The first-order valence-electron chi connectivity index (χ1n) is 6.60. The molecule has 0 unspecified atom stereocenters. The van der Waals surface area contributed by atoms with Gasteiger partial charge < -0.3 is 0 Å². The minimum absolute atomic E-state index is 0.0284. The zero-order valence-electron chi connectivity index (χ0n) is 11.9. The van der Waals surface area contributed by atoms with Crippen LogP contribution in [0.4, 0.5) is 14.5 Å². The van der Waals surface area contributed by atoms with E-state index in [0.717, 1.165) is 16.9 Å². The fourth-order valence-corrected chi connectivity index (χ4v) is 2.20. The SMILES string of the molecule is O=[N+]([O-])c1cnc(-c2cc(F)n(Cc3ccccc3F)n2)nc1Cl. The summed E-state index contributed by atoms with van der Waals surface area (Å²) < 4.78 is 28.6. The zero-order chi connectivity index (χ0) is 17.3. The molecule has 0 saturated carbocycles. The molecule has 0 aliphatic carbocycles. The summed E-state index contributed by atoms with van der Waals surface area (Å²) in [7, 11) is 0. The highest BCUT2D eigenvalue weighted by atomic mass is 35.5. The normalized spacial score (nSPS) is 10.8. The van der Waals surface area contributed by atoms with Crippen molar-refractivity contribution < 1.29 is 13.7 Å². The van der Waals surface area contributed by atoms with Gasteiger partial charge in [0.1, 0.15) is 17.7 Å². The van der Waals surface area contributed by atoms with E-state index in [9.17, 15) is 18.9 Å². The summed E-state index contributed by atoms with van der Waals surface area (Å²) in [4.78, 5) is 17.5. The van der Waals surface area contributed by atoms with Gasteiger partial charge in [-0.05, 0) is 6.07 Å². The van der Waals surface area contributed by atoms with Gasteiger partial charge in [0.05, 0.1) is 11.5 Å². The predicted octanol–water partition coefficient (Wildman–Crippen LogP) is 3.23. The lowest BCUT2D eigenvalue weighted by molar-refractivity contribution is -0.385. The van der Waals surface area contributed by atoms with E-state index in [1.165, 1.54) is 18.2 Å². The van der Waals surface area contributed by atoms with E-state index >= 15 is 0 Å². The van der Waals surface area contributed by atoms with Crippen LogP contribution >= 0.6 is 11.6 Å². The third-order valence-corrected chi connectivity index (χ3v) is 3.44. The predicted molar refractivity (Wildman–Crippen MR) is 80.4 cm³/mol. The Labute approximate surface area is 138 Å². The summed E-state index contributed by atoms with van der Waals surface area (Å²) >= 11 is 5.70. The molecule has 0 spiro atoms. The first-order valence-corrected chi connectivity index (χ1v) is 6.97. The number of nitro groups is 1. The number of halogens is 3. The molecule has 0 atom stereocenters. The van der Waals surface area contributed by atoms with Crippen LogP contribution < -0.4 is 0 Å². The molecular weight excluding hydrogens is 344 g/mol. The van der Waals surface area contributed by atoms with Crippen LogP contribution in [-0.2, 0) is 6.54 Å². The molecule has 24 heavy (non-hydrogen) atoms. The van der Waals surface area contributed by atoms with E-state index in [-0.39, 0.29) is 28.8 Å². The molecule has 0 bridgehead atoms. The highest BCUT2D eigenvalue weighted by molar-refractivity contribution is 6.31. The Morgan fingerprint density at radius 2 is 2.04 bits per heavy atom. The molecule has 10 heteroatoms. The molecule has 0 aliphatic rings. The lowest BCUT2D eigenvalue weighted by Gasteiger charge is -2.03. The van der Waals surface area contributed by atoms with E-state index in [1.54, 1.807) is 6.07 Å². The molecule has 1 aromatic carbocycles. The van der Waals surface area contributed by atoms with Crippen LogP contribution in [0.5, 0.6) is 0 Å². The van der Waals surface area contributed by atoms with Crippen molar-refractivity contribution in [2.24, 2.45) is 0 Å². The topological polar surface area (TPSA) is 86.7 Å². The first kappa shape index (κ1) is 15.9. The van der Waals surface area contributed by atoms with Gasteiger partial charge in [0.15, 0.2) is 5.82 Å². The maximum Gasteiger partial charge on any atom is 0.324 e. The number of aromatic nitrogens is 4. The monoisotopic (exact) mass is 351 g/mol. The molecule has 7 nitrogen and oxygen atoms in total. The number of nitrogens with zero attached hydrogens (tertiary/aromatic N) is 5. The maximum atomic E-state index is 14.0. The van der Waals surface area contributed by atoms with E-state index in [2.05, 4.69) is 15.1 Å². The third-order valence-electron chi connectivity index (χ3n) is 3.16. The number of benzene rings is 1. The lowest BCUT2D eigenvalue weighted by atomic mass is 10.2. The van der Waals surface area contributed by atoms with Crippen molar-refractivity contribution in [2.75, 3.05) is 0 Å². The molecule has 2 heterocycles. The summed E-state index contributed by atoms with van der Waals surface area (Å²) in [5.74, 6) is -1.29. The van der Waals surface area contributed by atoms with Crippen LogP contribution in [0.25, 0.3) is 11.5 Å². The van der Waals surface area contributed by atoms with Crippen molar-refractivity contribution in [3.05, 3.63) is 69.1 Å². The molecule has 3 aromatic rings. The molecule has 0 amide bonds. The zero-order valence-corrected chi connectivity index (χ0v) is 12.6. The molecule has 2 aromatic heterocycles. The molecule has 0 fully saturated rings. The van der Waals surface area contributed by atoms with Crippen molar-refractivity contribution in [3.8, 4) is 11.5 Å². The van der Waals surface area contributed by atoms with E-state index < -0.39 is 22.4 Å². The molecule has 0 N–H and O–H groups in total. The average Bonchev–Trinajstić information content (AvgIpc) is 2.90. The lowest BCUT2D eigenvalue weighted by Crippen LogP contribution is -2.06. The Morgan fingerprint density at radius 3 is 2.71 bits per heavy atom. The Morgan fingerprint density at radius 1 is 1.29 bits per heavy atom. The summed E-state index contributed by atoms with van der Waals surface area (Å²) in [5.41, 5.74) is -0.180. The second-order valence-electron chi connectivity index (χ2n) is 4.73. The average molecular weight is 352 g/mol. The van der Waals surface area contributed by atoms with E-state index in [1.807, 2.05) is 0 Å². The van der Waals surface area contributed by atoms with E-state index in [4.69, 9.17) is 11.6 Å². The minimum atomic E-state index is -0.733. The summed E-state index contributed by atoms with van der Waals surface area (Å²) in [5, 5.41) is 14.3. The van der Waals surface area contributed by atoms with Gasteiger partial charge in [-0.25, -0.2) is 19.0 Å². The van der Waals surface area contributed by atoms with Crippen LogP contribution in [0.3, 0.4) is 0 Å². The fourth-order valence-electron chi connectivity index (χ4n) is 2.00. The first-order chi connectivity index (χ1) is 11.5. The van der Waals surface area contributed by atoms with Crippen LogP contribution in [-0.4, -0.2) is 24.7 Å². The summed E-state index contributed by atoms with van der Waals surface area (Å²) in [6, 6.07) is 6.96. The van der Waals surface area contributed by atoms with Gasteiger partial charge >= 0.3 is 5.69 Å². The Kier molecular flexibility index (Phi) is 4.17. The highest BCUT2D eigenvalue weighted by Crippen LogP contribution is 2.24. The maximum absolute atomic E-state index is 14.0. The van der Waals surface area contributed by atoms with Gasteiger partial charge in [0.25, 0.3) is 0 Å². The van der Waals surface area contributed by atoms with Gasteiger partial charge in [-0.15, -0.1) is 0 Å². The number of rotatable bonds is 4. The van der Waals surface area contributed by atoms with Crippen LogP contribution in [0.2, 0.25) is 5.15 Å². The number of hydrogen-bond acceptors (Lipinski definition) is 5. The van der Waals surface area contributed by atoms with Gasteiger partial charge in [0, 0.05) is 11.6 Å². The minimum Gasteiger partial charge on any atom is -0.258 e. The van der Waals surface area contributed by atoms with Gasteiger partial charge in [-0.2, -0.15) is 9.49 Å². The van der Waals surface area contributed by atoms with Crippen molar-refractivity contribution in [3.63, 3.8) is 0 Å². The molecule has 0 aliphatic heterocycles. The van der Waals surface area contributed by atoms with Gasteiger partial charge in [-0.1, -0.05) is 29.8 Å². The Balaban J connectivity index is 1.93. The molecule has 0 saturated heterocycles. The molecule has 3 rings (SSSR count). The summed E-state index contributed by atoms with van der Waals surface area (Å²) in [6.45, 7) is -0.126. The summed E-state index contributed by atoms with van der Waals surface area (Å²) in [6.07, 6.45) is 0.915. The quantitative estimate of drug-likeness (QED) is 0.409. The third kappa shape index (κ3) is 3.06. The standard InChI is InChI=1S/C14H8ClF2N5O2/c15-13-11(22(23)24)6-18-14(19-13)10-5-12(17)21(20-10)7-8-3-1-2-4-9(8)16/h1-6H,7H2. The fraction of sp³-hybridized carbons (Fsp3) is 0.0714. The molecule has 0 radical (unpaired) electrons. The van der Waals surface area contributed by atoms with Crippen LogP contribution in [0, 0.1) is 21.9 Å². The van der Waals surface area contributed by atoms with Gasteiger partial charge in [0.2, 0.25) is 11.1 Å². The Bertz CT molecular complexity index is 931. The second-order valence-corrected chi connectivity index (χ2v) is 5.09. The number of hydrogen-bond donors (Lipinski definition) is 0. The molecular formula is C14H8ClF2N5O2. The largest absolute Gasteiger partial charge is 0.324 e. The smallest absolute Gasteiger partial charge is 0.258 e. The van der Waals surface area contributed by atoms with Crippen molar-refractivity contribution in [1.29, 1.82) is 0 Å². The van der Waals surface area contributed by atoms with Crippen molar-refractivity contribution in [1.82, 2.24) is 19.7 Å². The van der Waals surface area contributed by atoms with Crippen LogP contribution in [0.15, 0.2) is 36.5 Å². The van der Waals surface area contributed by atoms with Crippen molar-refractivity contribution in [2.45, 2.75) is 6.54 Å². The Hall–Kier alpha value is -2.94.